The first-order valence-corrected chi connectivity index (χ1v) is 6.71. The summed E-state index contributed by atoms with van der Waals surface area (Å²) in [6.45, 7) is 1.48. The smallest absolute Gasteiger partial charge is 0.317 e. The van der Waals surface area contributed by atoms with Crippen LogP contribution in [-0.2, 0) is 9.53 Å². The Bertz CT molecular complexity index is 555. The fourth-order valence-corrected chi connectivity index (χ4v) is 2.45. The number of ether oxygens (including phenoxy) is 1. The molecule has 3 N–H and O–H groups in total. The highest BCUT2D eigenvalue weighted by atomic mass is 19.3. The van der Waals surface area contributed by atoms with Crippen molar-refractivity contribution in [2.24, 2.45) is 5.92 Å². The molecular weight excluding hydrogens is 298 g/mol. The lowest BCUT2D eigenvalue weighted by molar-refractivity contribution is -0.189. The Morgan fingerprint density at radius 3 is 2.59 bits per heavy atom. The second-order valence-electron chi connectivity index (χ2n) is 4.84. The predicted molar refractivity (Wildman–Crippen MR) is 71.9 cm³/mol. The molecule has 120 valence electrons. The molecule has 1 saturated heterocycles. The Balaban J connectivity index is 2.48. The van der Waals surface area contributed by atoms with Gasteiger partial charge in [-0.2, -0.15) is 0 Å². The van der Waals surface area contributed by atoms with Gasteiger partial charge < -0.3 is 20.5 Å². The minimum atomic E-state index is -3.36. The van der Waals surface area contributed by atoms with Crippen LogP contribution >= 0.6 is 0 Å². The second kappa shape index (κ2) is 6.27. The summed E-state index contributed by atoms with van der Waals surface area (Å²) in [5.74, 6) is -2.71. The van der Waals surface area contributed by atoms with E-state index in [-0.39, 0.29) is 6.61 Å². The normalized spacial score (nSPS) is 28.0. The van der Waals surface area contributed by atoms with Crippen LogP contribution in [-0.4, -0.2) is 35.9 Å². The maximum atomic E-state index is 13.3. The molecule has 1 aliphatic rings. The van der Waals surface area contributed by atoms with Gasteiger partial charge in [-0.15, -0.1) is 0 Å². The van der Waals surface area contributed by atoms with Gasteiger partial charge in [0.25, 0.3) is 6.43 Å². The molecule has 22 heavy (non-hydrogen) atoms. The number of urea groups is 1. The van der Waals surface area contributed by atoms with Crippen LogP contribution in [0.3, 0.4) is 0 Å². The number of aliphatic hydroxyl groups is 1. The molecular formula is C14H16F2N2O4. The molecule has 6 nitrogen and oxygen atoms in total. The maximum absolute atomic E-state index is 13.3. The second-order valence-corrected chi connectivity index (χ2v) is 4.84. The minimum Gasteiger partial charge on any atom is -0.466 e. The summed E-state index contributed by atoms with van der Waals surface area (Å²) in [5.41, 5.74) is -2.59. The Morgan fingerprint density at radius 1 is 1.41 bits per heavy atom. The number of esters is 1. The van der Waals surface area contributed by atoms with E-state index in [1.54, 1.807) is 35.6 Å². The highest BCUT2D eigenvalue weighted by molar-refractivity contribution is 5.83. The highest BCUT2D eigenvalue weighted by Gasteiger charge is 2.58. The van der Waals surface area contributed by atoms with E-state index < -0.39 is 36.1 Å². The van der Waals surface area contributed by atoms with Gasteiger partial charge >= 0.3 is 12.0 Å². The van der Waals surface area contributed by atoms with Gasteiger partial charge in [0.05, 0.1) is 12.6 Å². The molecule has 0 aliphatic carbocycles. The SMILES string of the molecule is CCOC(=O)[C@@H]1[C@@H](c2ccccc2)NC(=O)N[C@]1(O)C(F)F. The van der Waals surface area contributed by atoms with Gasteiger partial charge in [0.1, 0.15) is 5.92 Å². The number of halogens is 2. The van der Waals surface area contributed by atoms with Crippen LogP contribution in [0.25, 0.3) is 0 Å². The molecule has 1 fully saturated rings. The standard InChI is InChI=1S/C14H16F2N2O4/c1-2-22-11(19)9-10(8-6-4-3-5-7-8)17-13(20)18-14(9,21)12(15)16/h3-7,9-10,12,21H,2H2,1H3,(H2,17,18,20)/t9-,10+,14+/m0/s1. The molecule has 2 amide bonds. The topological polar surface area (TPSA) is 87.7 Å². The molecule has 1 aromatic carbocycles. The zero-order valence-corrected chi connectivity index (χ0v) is 11.8. The summed E-state index contributed by atoms with van der Waals surface area (Å²) < 4.78 is 31.4. The van der Waals surface area contributed by atoms with Crippen LogP contribution in [0, 0.1) is 5.92 Å². The van der Waals surface area contributed by atoms with Crippen molar-refractivity contribution in [3.05, 3.63) is 35.9 Å². The number of hydrogen-bond acceptors (Lipinski definition) is 4. The molecule has 0 saturated carbocycles. The van der Waals surface area contributed by atoms with Crippen molar-refractivity contribution in [3.63, 3.8) is 0 Å². The zero-order valence-electron chi connectivity index (χ0n) is 11.8. The minimum absolute atomic E-state index is 0.0376. The molecule has 1 heterocycles. The molecule has 3 atom stereocenters. The monoisotopic (exact) mass is 314 g/mol. The van der Waals surface area contributed by atoms with Crippen molar-refractivity contribution in [3.8, 4) is 0 Å². The largest absolute Gasteiger partial charge is 0.466 e. The summed E-state index contributed by atoms with van der Waals surface area (Å²) in [7, 11) is 0. The number of nitrogens with one attached hydrogen (secondary N) is 2. The summed E-state index contributed by atoms with van der Waals surface area (Å²) in [6.07, 6.45) is -3.36. The fourth-order valence-electron chi connectivity index (χ4n) is 2.45. The Morgan fingerprint density at radius 2 is 2.05 bits per heavy atom. The molecule has 0 bridgehead atoms. The van der Waals surface area contributed by atoms with E-state index in [9.17, 15) is 23.5 Å². The van der Waals surface area contributed by atoms with Crippen molar-refractivity contribution in [1.29, 1.82) is 0 Å². The third-order valence-electron chi connectivity index (χ3n) is 3.44. The predicted octanol–water partition coefficient (Wildman–Crippen LogP) is 1.17. The molecule has 1 aliphatic heterocycles. The van der Waals surface area contributed by atoms with Crippen molar-refractivity contribution in [1.82, 2.24) is 10.6 Å². The number of rotatable bonds is 4. The number of carbonyl (C=O) groups is 2. The van der Waals surface area contributed by atoms with Gasteiger partial charge in [-0.25, -0.2) is 13.6 Å². The molecule has 0 radical (unpaired) electrons. The van der Waals surface area contributed by atoms with E-state index in [1.807, 2.05) is 0 Å². The van der Waals surface area contributed by atoms with Crippen LogP contribution in [0.1, 0.15) is 18.5 Å². The lowest BCUT2D eigenvalue weighted by Crippen LogP contribution is -2.70. The zero-order chi connectivity index (χ0) is 16.3. The Labute approximate surface area is 125 Å². The van der Waals surface area contributed by atoms with Gasteiger partial charge in [0.15, 0.2) is 0 Å². The molecule has 0 spiro atoms. The van der Waals surface area contributed by atoms with Crippen LogP contribution in [0.5, 0.6) is 0 Å². The first-order valence-electron chi connectivity index (χ1n) is 6.71. The van der Waals surface area contributed by atoms with E-state index in [2.05, 4.69) is 5.32 Å². The van der Waals surface area contributed by atoms with Crippen molar-refractivity contribution < 1.29 is 28.2 Å². The summed E-state index contributed by atoms with van der Waals surface area (Å²) in [5, 5.41) is 14.3. The van der Waals surface area contributed by atoms with E-state index in [0.29, 0.717) is 5.56 Å². The molecule has 1 aromatic rings. The van der Waals surface area contributed by atoms with Crippen LogP contribution < -0.4 is 10.6 Å². The third kappa shape index (κ3) is 2.87. The van der Waals surface area contributed by atoms with Gasteiger partial charge in [0.2, 0.25) is 5.72 Å². The van der Waals surface area contributed by atoms with Crippen molar-refractivity contribution in [2.45, 2.75) is 25.1 Å². The maximum Gasteiger partial charge on any atom is 0.317 e. The van der Waals surface area contributed by atoms with Gasteiger partial charge in [-0.3, -0.25) is 4.79 Å². The van der Waals surface area contributed by atoms with E-state index in [4.69, 9.17) is 4.74 Å². The number of amides is 2. The van der Waals surface area contributed by atoms with Crippen LogP contribution in [0.2, 0.25) is 0 Å². The first kappa shape index (κ1) is 16.2. The van der Waals surface area contributed by atoms with Crippen LogP contribution in [0.15, 0.2) is 30.3 Å². The summed E-state index contributed by atoms with van der Waals surface area (Å²) in [6, 6.07) is 5.97. The molecule has 0 unspecified atom stereocenters. The van der Waals surface area contributed by atoms with Gasteiger partial charge in [0, 0.05) is 0 Å². The average molecular weight is 314 g/mol. The average Bonchev–Trinajstić information content (AvgIpc) is 2.47. The third-order valence-corrected chi connectivity index (χ3v) is 3.44. The summed E-state index contributed by atoms with van der Waals surface area (Å²) >= 11 is 0. The molecule has 8 heteroatoms. The molecule has 2 rings (SSSR count). The van der Waals surface area contributed by atoms with Crippen molar-refractivity contribution in [2.75, 3.05) is 6.61 Å². The number of hydrogen-bond donors (Lipinski definition) is 3. The van der Waals surface area contributed by atoms with E-state index in [0.717, 1.165) is 0 Å². The van der Waals surface area contributed by atoms with E-state index in [1.165, 1.54) is 6.92 Å². The fraction of sp³-hybridized carbons (Fsp3) is 0.429. The van der Waals surface area contributed by atoms with Crippen molar-refractivity contribution >= 4 is 12.0 Å². The molecule has 0 aromatic heterocycles. The van der Waals surface area contributed by atoms with Gasteiger partial charge in [-0.05, 0) is 12.5 Å². The van der Waals surface area contributed by atoms with E-state index >= 15 is 0 Å². The number of alkyl halides is 2. The van der Waals surface area contributed by atoms with Gasteiger partial charge in [-0.1, -0.05) is 30.3 Å². The quantitative estimate of drug-likeness (QED) is 0.728. The first-order chi connectivity index (χ1) is 10.4. The lowest BCUT2D eigenvalue weighted by Gasteiger charge is -2.43. The van der Waals surface area contributed by atoms with Crippen LogP contribution in [0.4, 0.5) is 13.6 Å². The lowest BCUT2D eigenvalue weighted by atomic mass is 9.82. The Kier molecular flexibility index (Phi) is 4.60. The summed E-state index contributed by atoms with van der Waals surface area (Å²) in [4.78, 5) is 23.7. The highest BCUT2D eigenvalue weighted by Crippen LogP contribution is 2.37. The number of benzene rings is 1. The Hall–Kier alpha value is -2.22. The number of carbonyl (C=O) groups excluding carboxylic acids is 2.